The van der Waals surface area contributed by atoms with Crippen LogP contribution in [-0.4, -0.2) is 0 Å². The van der Waals surface area contributed by atoms with E-state index >= 15 is 0 Å². The summed E-state index contributed by atoms with van der Waals surface area (Å²) in [5, 5.41) is 0. The molecule has 0 nitrogen and oxygen atoms in total. The van der Waals surface area contributed by atoms with Gasteiger partial charge in [0.25, 0.3) is 0 Å². The summed E-state index contributed by atoms with van der Waals surface area (Å²) in [6, 6.07) is 0. The summed E-state index contributed by atoms with van der Waals surface area (Å²) in [6.07, 6.45) is 4.78. The van der Waals surface area contributed by atoms with Gasteiger partial charge in [-0.05, 0) is 48.9 Å². The van der Waals surface area contributed by atoms with Gasteiger partial charge in [0.1, 0.15) is 0 Å². The molecule has 0 radical (unpaired) electrons. The lowest BCUT2D eigenvalue weighted by molar-refractivity contribution is 0.0918. The Kier molecular flexibility index (Phi) is 0.640. The Hall–Kier alpha value is 0. The van der Waals surface area contributed by atoms with Crippen LogP contribution >= 0.6 is 0 Å². The van der Waals surface area contributed by atoms with Crippen LogP contribution in [0.3, 0.4) is 0 Å². The minimum atomic E-state index is 1.10. The van der Waals surface area contributed by atoms with Crippen molar-refractivity contribution in [3.63, 3.8) is 0 Å². The minimum absolute atomic E-state index is 1.10. The fourth-order valence-electron chi connectivity index (χ4n) is 3.49. The third-order valence-corrected chi connectivity index (χ3v) is 3.95. The lowest BCUT2D eigenvalue weighted by Crippen LogP contribution is -2.32. The maximum absolute atomic E-state index is 2.45. The topological polar surface area (TPSA) is 0 Å². The van der Waals surface area contributed by atoms with E-state index in [-0.39, 0.29) is 0 Å². The Morgan fingerprint density at radius 1 is 1.00 bits per heavy atom. The van der Waals surface area contributed by atoms with E-state index in [1.165, 1.54) is 23.7 Å². The summed E-state index contributed by atoms with van der Waals surface area (Å²) in [7, 11) is 0. The summed E-state index contributed by atoms with van der Waals surface area (Å²) in [4.78, 5) is 0. The number of hydrogen-bond donors (Lipinski definition) is 0. The first-order valence-electron chi connectivity index (χ1n) is 4.36. The number of hydrogen-bond acceptors (Lipinski definition) is 0. The van der Waals surface area contributed by atoms with Crippen LogP contribution in [-0.2, 0) is 0 Å². The predicted molar refractivity (Wildman–Crippen MR) is 37.0 cm³/mol. The Balaban J connectivity index is 1.87. The molecule has 50 valence electrons. The maximum Gasteiger partial charge on any atom is -0.0329 e. The van der Waals surface area contributed by atoms with Crippen molar-refractivity contribution in [2.75, 3.05) is 0 Å². The second-order valence-electron chi connectivity index (χ2n) is 4.45. The molecule has 0 bridgehead atoms. The monoisotopic (exact) mass is 122 g/mol. The summed E-state index contributed by atoms with van der Waals surface area (Å²) < 4.78 is 0. The molecule has 0 heterocycles. The van der Waals surface area contributed by atoms with Crippen LogP contribution in [0.1, 0.15) is 26.2 Å². The molecule has 0 saturated heterocycles. The van der Waals surface area contributed by atoms with E-state index in [0.29, 0.717) is 0 Å². The molecular formula is C9H14. The van der Waals surface area contributed by atoms with Gasteiger partial charge in [0.05, 0.1) is 0 Å². The summed E-state index contributed by atoms with van der Waals surface area (Å²) in [5.41, 5.74) is 0. The molecule has 3 aliphatic rings. The highest BCUT2D eigenvalue weighted by atomic mass is 14.6. The molecule has 9 heavy (non-hydrogen) atoms. The van der Waals surface area contributed by atoms with Crippen molar-refractivity contribution in [2.45, 2.75) is 26.2 Å². The lowest BCUT2D eigenvalue weighted by atomic mass is 9.65. The van der Waals surface area contributed by atoms with E-state index in [2.05, 4.69) is 6.92 Å². The first-order valence-corrected chi connectivity index (χ1v) is 4.36. The van der Waals surface area contributed by atoms with Gasteiger partial charge in [-0.2, -0.15) is 0 Å². The van der Waals surface area contributed by atoms with Crippen LogP contribution in [0.25, 0.3) is 0 Å². The predicted octanol–water partition coefficient (Wildman–Crippen LogP) is 2.30. The van der Waals surface area contributed by atoms with E-state index in [0.717, 1.165) is 5.92 Å². The maximum atomic E-state index is 2.45. The van der Waals surface area contributed by atoms with E-state index in [4.69, 9.17) is 0 Å². The third kappa shape index (κ3) is 0.426. The van der Waals surface area contributed by atoms with Crippen LogP contribution in [0, 0.1) is 29.6 Å². The van der Waals surface area contributed by atoms with E-state index in [1.54, 1.807) is 19.3 Å². The highest BCUT2D eigenvalue weighted by molar-refractivity contribution is 5.08. The Morgan fingerprint density at radius 2 is 1.89 bits per heavy atom. The average molecular weight is 122 g/mol. The molecule has 0 aromatic rings. The van der Waals surface area contributed by atoms with Crippen molar-refractivity contribution in [1.29, 1.82) is 0 Å². The summed E-state index contributed by atoms with van der Waals surface area (Å²) in [6.45, 7) is 2.45. The van der Waals surface area contributed by atoms with Crippen LogP contribution in [0.15, 0.2) is 0 Å². The second-order valence-corrected chi connectivity index (χ2v) is 4.45. The van der Waals surface area contributed by atoms with Crippen molar-refractivity contribution in [3.8, 4) is 0 Å². The standard InChI is InChI=1S/C9H14/c1-5-2-7-3-6-4-8(6)9(5)7/h5-9H,2-4H2,1H3. The van der Waals surface area contributed by atoms with Crippen molar-refractivity contribution < 1.29 is 0 Å². The zero-order valence-corrected chi connectivity index (χ0v) is 6.01. The molecule has 0 N–H and O–H groups in total. The van der Waals surface area contributed by atoms with Gasteiger partial charge in [0, 0.05) is 0 Å². The molecule has 3 fully saturated rings. The van der Waals surface area contributed by atoms with Gasteiger partial charge in [0.2, 0.25) is 0 Å². The van der Waals surface area contributed by atoms with E-state index < -0.39 is 0 Å². The van der Waals surface area contributed by atoms with Gasteiger partial charge < -0.3 is 0 Å². The van der Waals surface area contributed by atoms with Gasteiger partial charge in [-0.3, -0.25) is 0 Å². The van der Waals surface area contributed by atoms with Crippen LogP contribution < -0.4 is 0 Å². The molecule has 5 atom stereocenters. The molecule has 0 aliphatic heterocycles. The Bertz CT molecular complexity index is 148. The zero-order valence-electron chi connectivity index (χ0n) is 6.01. The highest BCUT2D eigenvalue weighted by Gasteiger charge is 2.59. The largest absolute Gasteiger partial charge is 0.0622 e. The number of rotatable bonds is 0. The molecule has 0 spiro atoms. The van der Waals surface area contributed by atoms with Crippen molar-refractivity contribution in [1.82, 2.24) is 0 Å². The lowest BCUT2D eigenvalue weighted by Gasteiger charge is -2.40. The van der Waals surface area contributed by atoms with E-state index in [9.17, 15) is 0 Å². The molecular weight excluding hydrogens is 108 g/mol. The van der Waals surface area contributed by atoms with Crippen LogP contribution in [0.4, 0.5) is 0 Å². The third-order valence-electron chi connectivity index (χ3n) is 3.95. The molecule has 0 amide bonds. The van der Waals surface area contributed by atoms with Crippen LogP contribution in [0.2, 0.25) is 0 Å². The second kappa shape index (κ2) is 1.21. The van der Waals surface area contributed by atoms with Crippen molar-refractivity contribution in [3.05, 3.63) is 0 Å². The van der Waals surface area contributed by atoms with Gasteiger partial charge >= 0.3 is 0 Å². The normalized spacial score (nSPS) is 68.3. The Labute approximate surface area is 56.6 Å². The SMILES string of the molecule is CC1CC2CC3CC3C12. The summed E-state index contributed by atoms with van der Waals surface area (Å²) >= 11 is 0. The summed E-state index contributed by atoms with van der Waals surface area (Å²) in [5.74, 6) is 5.94. The molecule has 0 heteroatoms. The van der Waals surface area contributed by atoms with Gasteiger partial charge in [-0.25, -0.2) is 0 Å². The number of fused-ring (bicyclic) bond motifs is 3. The first kappa shape index (κ1) is 4.76. The van der Waals surface area contributed by atoms with Crippen molar-refractivity contribution in [2.24, 2.45) is 29.6 Å². The van der Waals surface area contributed by atoms with Gasteiger partial charge in [0.15, 0.2) is 0 Å². The Morgan fingerprint density at radius 3 is 2.44 bits per heavy atom. The van der Waals surface area contributed by atoms with Crippen molar-refractivity contribution >= 4 is 0 Å². The van der Waals surface area contributed by atoms with Gasteiger partial charge in [-0.1, -0.05) is 6.92 Å². The molecule has 3 saturated carbocycles. The quantitative estimate of drug-likeness (QED) is 0.462. The van der Waals surface area contributed by atoms with Crippen LogP contribution in [0.5, 0.6) is 0 Å². The molecule has 0 aromatic heterocycles. The minimum Gasteiger partial charge on any atom is -0.0622 e. The smallest absolute Gasteiger partial charge is 0.0329 e. The molecule has 3 aliphatic carbocycles. The molecule has 5 unspecified atom stereocenters. The van der Waals surface area contributed by atoms with Gasteiger partial charge in [-0.15, -0.1) is 0 Å². The molecule has 0 aromatic carbocycles. The highest BCUT2D eigenvalue weighted by Crippen LogP contribution is 2.67. The fraction of sp³-hybridized carbons (Fsp3) is 1.00. The first-order chi connectivity index (χ1) is 4.36. The zero-order chi connectivity index (χ0) is 6.01. The fourth-order valence-corrected chi connectivity index (χ4v) is 3.49. The molecule has 3 rings (SSSR count). The average Bonchev–Trinajstić information content (AvgIpc) is 2.42. The van der Waals surface area contributed by atoms with E-state index in [1.807, 2.05) is 0 Å².